The first-order valence-electron chi connectivity index (χ1n) is 8.04. The number of ether oxygens (including phenoxy) is 2. The second kappa shape index (κ2) is 9.45. The predicted molar refractivity (Wildman–Crippen MR) is 103 cm³/mol. The molecule has 0 aromatic heterocycles. The molecule has 0 atom stereocenters. The van der Waals surface area contributed by atoms with Crippen molar-refractivity contribution in [2.45, 2.75) is 13.1 Å². The van der Waals surface area contributed by atoms with Crippen molar-refractivity contribution in [3.8, 4) is 11.5 Å². The molecule has 0 saturated carbocycles. The molecule has 2 rings (SSSR count). The molecular formula is C18H17BrF3N3O3. The maximum atomic E-state index is 12.7. The van der Waals surface area contributed by atoms with Gasteiger partial charge in [0, 0.05) is 10.0 Å². The van der Waals surface area contributed by atoms with Gasteiger partial charge >= 0.3 is 6.18 Å². The lowest BCUT2D eigenvalue weighted by molar-refractivity contribution is -0.137. The van der Waals surface area contributed by atoms with Gasteiger partial charge in [0.1, 0.15) is 0 Å². The summed E-state index contributed by atoms with van der Waals surface area (Å²) in [6.07, 6.45) is -3.03. The molecule has 0 radical (unpaired) electrons. The molecule has 0 unspecified atom stereocenters. The van der Waals surface area contributed by atoms with Crippen LogP contribution in [0.3, 0.4) is 0 Å². The number of carbonyl (C=O) groups excluding carboxylic acids is 1. The smallest absolute Gasteiger partial charge is 0.416 e. The number of anilines is 1. The highest BCUT2D eigenvalue weighted by molar-refractivity contribution is 9.10. The van der Waals surface area contributed by atoms with E-state index in [4.69, 9.17) is 15.2 Å². The van der Waals surface area contributed by atoms with Crippen LogP contribution in [0.1, 0.15) is 18.1 Å². The molecule has 150 valence electrons. The van der Waals surface area contributed by atoms with Gasteiger partial charge < -0.3 is 15.2 Å². The Morgan fingerprint density at radius 3 is 2.61 bits per heavy atom. The SMILES string of the molecule is CCOc1cc(C=NNc2cccc(C(F)(F)F)c2)c(Br)cc1OCC(N)=O. The van der Waals surface area contributed by atoms with Crippen molar-refractivity contribution in [3.05, 3.63) is 52.0 Å². The highest BCUT2D eigenvalue weighted by atomic mass is 79.9. The van der Waals surface area contributed by atoms with Crippen LogP contribution in [0.5, 0.6) is 11.5 Å². The van der Waals surface area contributed by atoms with E-state index >= 15 is 0 Å². The van der Waals surface area contributed by atoms with Crippen molar-refractivity contribution in [1.29, 1.82) is 0 Å². The second-order valence-electron chi connectivity index (χ2n) is 5.46. The standard InChI is InChI=1S/C18H17BrF3N3O3/c1-2-27-15-6-11(14(19)8-16(15)28-10-17(23)26)9-24-25-13-5-3-4-12(7-13)18(20,21)22/h3-9,25H,2,10H2,1H3,(H2,23,26). The third-order valence-corrected chi connectivity index (χ3v) is 4.01. The van der Waals surface area contributed by atoms with E-state index in [0.717, 1.165) is 12.1 Å². The number of alkyl halides is 3. The van der Waals surface area contributed by atoms with Crippen molar-refractivity contribution in [2.75, 3.05) is 18.6 Å². The fraction of sp³-hybridized carbons (Fsp3) is 0.222. The van der Waals surface area contributed by atoms with E-state index in [1.807, 2.05) is 0 Å². The third-order valence-electron chi connectivity index (χ3n) is 3.32. The largest absolute Gasteiger partial charge is 0.490 e. The minimum absolute atomic E-state index is 0.189. The van der Waals surface area contributed by atoms with E-state index in [2.05, 4.69) is 26.5 Å². The van der Waals surface area contributed by atoms with Gasteiger partial charge in [0.25, 0.3) is 5.91 Å². The van der Waals surface area contributed by atoms with Crippen LogP contribution in [-0.2, 0) is 11.0 Å². The molecule has 6 nitrogen and oxygen atoms in total. The lowest BCUT2D eigenvalue weighted by Crippen LogP contribution is -2.20. The van der Waals surface area contributed by atoms with Gasteiger partial charge in [0.2, 0.25) is 0 Å². The molecule has 0 bridgehead atoms. The monoisotopic (exact) mass is 459 g/mol. The fourth-order valence-corrected chi connectivity index (χ4v) is 2.55. The summed E-state index contributed by atoms with van der Waals surface area (Å²) >= 11 is 3.34. The first kappa shape index (κ1) is 21.5. The molecule has 10 heteroatoms. The lowest BCUT2D eigenvalue weighted by atomic mass is 10.2. The van der Waals surface area contributed by atoms with Crippen LogP contribution in [0.15, 0.2) is 46.0 Å². The molecule has 0 saturated heterocycles. The molecule has 1 amide bonds. The Hall–Kier alpha value is -2.75. The van der Waals surface area contributed by atoms with Gasteiger partial charge in [-0.15, -0.1) is 0 Å². The number of benzene rings is 2. The second-order valence-corrected chi connectivity index (χ2v) is 6.31. The van der Waals surface area contributed by atoms with Crippen LogP contribution in [0.4, 0.5) is 18.9 Å². The van der Waals surface area contributed by atoms with Crippen molar-refractivity contribution in [2.24, 2.45) is 10.8 Å². The quantitative estimate of drug-likeness (QED) is 0.458. The summed E-state index contributed by atoms with van der Waals surface area (Å²) in [6.45, 7) is 1.83. The predicted octanol–water partition coefficient (Wildman–Crippen LogP) is 4.18. The molecule has 3 N–H and O–H groups in total. The molecule has 2 aromatic carbocycles. The lowest BCUT2D eigenvalue weighted by Gasteiger charge is -2.13. The number of nitrogens with two attached hydrogens (primary N) is 1. The Labute approximate surface area is 167 Å². The van der Waals surface area contributed by atoms with Gasteiger partial charge in [-0.3, -0.25) is 10.2 Å². The fourth-order valence-electron chi connectivity index (χ4n) is 2.12. The van der Waals surface area contributed by atoms with E-state index in [1.54, 1.807) is 19.1 Å². The zero-order valence-electron chi connectivity index (χ0n) is 14.7. The van der Waals surface area contributed by atoms with Crippen LogP contribution in [-0.4, -0.2) is 25.3 Å². The number of hydrogen-bond donors (Lipinski definition) is 2. The number of rotatable bonds is 8. The molecule has 0 aliphatic heterocycles. The summed E-state index contributed by atoms with van der Waals surface area (Å²) in [5.41, 5.74) is 7.62. The Balaban J connectivity index is 2.19. The normalized spacial score (nSPS) is 11.5. The van der Waals surface area contributed by atoms with Crippen LogP contribution < -0.4 is 20.6 Å². The Kier molecular flexibility index (Phi) is 7.27. The summed E-state index contributed by atoms with van der Waals surface area (Å²) in [5, 5.41) is 3.96. The summed E-state index contributed by atoms with van der Waals surface area (Å²) in [5.74, 6) is 0.0532. The number of primary amides is 1. The van der Waals surface area contributed by atoms with Crippen LogP contribution in [0, 0.1) is 0 Å². The highest BCUT2D eigenvalue weighted by Gasteiger charge is 2.30. The summed E-state index contributed by atoms with van der Waals surface area (Å²) < 4.78 is 49.6. The van der Waals surface area contributed by atoms with Gasteiger partial charge in [0.05, 0.1) is 24.1 Å². The first-order valence-corrected chi connectivity index (χ1v) is 8.83. The molecule has 28 heavy (non-hydrogen) atoms. The molecular weight excluding hydrogens is 443 g/mol. The zero-order valence-corrected chi connectivity index (χ0v) is 16.3. The van der Waals surface area contributed by atoms with E-state index in [1.165, 1.54) is 18.3 Å². The minimum Gasteiger partial charge on any atom is -0.490 e. The third kappa shape index (κ3) is 6.15. The van der Waals surface area contributed by atoms with Crippen molar-refractivity contribution >= 4 is 33.7 Å². The number of hydrogen-bond acceptors (Lipinski definition) is 5. The maximum Gasteiger partial charge on any atom is 0.416 e. The minimum atomic E-state index is -4.43. The van der Waals surface area contributed by atoms with Crippen molar-refractivity contribution in [3.63, 3.8) is 0 Å². The average molecular weight is 460 g/mol. The van der Waals surface area contributed by atoms with E-state index < -0.39 is 17.6 Å². The summed E-state index contributed by atoms with van der Waals surface area (Å²) in [6, 6.07) is 7.88. The number of nitrogens with one attached hydrogen (secondary N) is 1. The van der Waals surface area contributed by atoms with Gasteiger partial charge in [-0.1, -0.05) is 6.07 Å². The summed E-state index contributed by atoms with van der Waals surface area (Å²) in [4.78, 5) is 10.9. The molecule has 0 aliphatic carbocycles. The number of carbonyl (C=O) groups is 1. The van der Waals surface area contributed by atoms with Crippen LogP contribution in [0.25, 0.3) is 0 Å². The number of nitrogens with zero attached hydrogens (tertiary/aromatic N) is 1. The topological polar surface area (TPSA) is 85.9 Å². The van der Waals surface area contributed by atoms with Gasteiger partial charge in [-0.05, 0) is 53.2 Å². The molecule has 0 aliphatic rings. The van der Waals surface area contributed by atoms with Gasteiger partial charge in [0.15, 0.2) is 18.1 Å². The Morgan fingerprint density at radius 1 is 1.25 bits per heavy atom. The van der Waals surface area contributed by atoms with E-state index in [9.17, 15) is 18.0 Å². The molecule has 0 heterocycles. The molecule has 0 spiro atoms. The van der Waals surface area contributed by atoms with Crippen LogP contribution >= 0.6 is 15.9 Å². The summed E-state index contributed by atoms with van der Waals surface area (Å²) in [7, 11) is 0. The van der Waals surface area contributed by atoms with Crippen molar-refractivity contribution < 1.29 is 27.4 Å². The Bertz CT molecular complexity index is 873. The first-order chi connectivity index (χ1) is 13.2. The zero-order chi connectivity index (χ0) is 20.7. The van der Waals surface area contributed by atoms with Gasteiger partial charge in [-0.2, -0.15) is 18.3 Å². The Morgan fingerprint density at radius 2 is 1.96 bits per heavy atom. The van der Waals surface area contributed by atoms with Gasteiger partial charge in [-0.25, -0.2) is 0 Å². The van der Waals surface area contributed by atoms with E-state index in [-0.39, 0.29) is 12.3 Å². The molecule has 0 fully saturated rings. The average Bonchev–Trinajstić information content (AvgIpc) is 2.62. The number of hydrazone groups is 1. The maximum absolute atomic E-state index is 12.7. The molecule has 2 aromatic rings. The number of amides is 1. The number of halogens is 4. The van der Waals surface area contributed by atoms with Crippen molar-refractivity contribution in [1.82, 2.24) is 0 Å². The van der Waals surface area contributed by atoms with Crippen LogP contribution in [0.2, 0.25) is 0 Å². The van der Waals surface area contributed by atoms with E-state index in [0.29, 0.717) is 28.1 Å². The highest BCUT2D eigenvalue weighted by Crippen LogP contribution is 2.33.